The van der Waals surface area contributed by atoms with Crippen molar-refractivity contribution in [1.29, 1.82) is 0 Å². The Morgan fingerprint density at radius 2 is 1.96 bits per heavy atom. The Labute approximate surface area is 156 Å². The fourth-order valence-electron chi connectivity index (χ4n) is 3.00. The first kappa shape index (κ1) is 19.9. The minimum atomic E-state index is 0.533. The number of aromatic nitrogens is 3. The maximum absolute atomic E-state index is 4.31. The molecule has 0 bridgehead atoms. The van der Waals surface area contributed by atoms with Crippen molar-refractivity contribution in [3.8, 4) is 11.4 Å². The second kappa shape index (κ2) is 9.91. The van der Waals surface area contributed by atoms with Crippen LogP contribution in [0.25, 0.3) is 11.4 Å². The molecule has 3 N–H and O–H groups in total. The lowest BCUT2D eigenvalue weighted by atomic mass is 10.1. The van der Waals surface area contributed by atoms with Crippen molar-refractivity contribution in [2.24, 2.45) is 4.99 Å². The molecule has 0 saturated heterocycles. The van der Waals surface area contributed by atoms with E-state index in [0.29, 0.717) is 18.6 Å². The largest absolute Gasteiger partial charge is 0.355 e. The van der Waals surface area contributed by atoms with Crippen LogP contribution in [0.4, 0.5) is 0 Å². The topological polar surface area (TPSA) is 81.2 Å². The van der Waals surface area contributed by atoms with Crippen molar-refractivity contribution in [1.82, 2.24) is 30.7 Å². The number of aromatic amines is 1. The number of guanidine groups is 1. The summed E-state index contributed by atoms with van der Waals surface area (Å²) in [5, 5.41) is 13.5. The van der Waals surface area contributed by atoms with Crippen LogP contribution in [-0.4, -0.2) is 58.3 Å². The highest BCUT2D eigenvalue weighted by atomic mass is 15.2. The third-order valence-corrected chi connectivity index (χ3v) is 4.29. The SMILES string of the molecule is CN=C(NCCN(C(C)C)C(C)C)NCc1cccc(-c2ncn[nH]2)c1. The van der Waals surface area contributed by atoms with Crippen LogP contribution >= 0.6 is 0 Å². The van der Waals surface area contributed by atoms with E-state index in [-0.39, 0.29) is 0 Å². The predicted octanol–water partition coefficient (Wildman–Crippen LogP) is 2.26. The van der Waals surface area contributed by atoms with Crippen LogP contribution < -0.4 is 10.6 Å². The zero-order chi connectivity index (χ0) is 18.9. The molecule has 0 fully saturated rings. The highest BCUT2D eigenvalue weighted by Crippen LogP contribution is 2.15. The lowest BCUT2D eigenvalue weighted by molar-refractivity contribution is 0.178. The third kappa shape index (κ3) is 5.84. The summed E-state index contributed by atoms with van der Waals surface area (Å²) in [4.78, 5) is 11.0. The summed E-state index contributed by atoms with van der Waals surface area (Å²) in [6.45, 7) is 11.5. The lowest BCUT2D eigenvalue weighted by Crippen LogP contribution is -2.45. The van der Waals surface area contributed by atoms with Crippen LogP contribution in [0, 0.1) is 0 Å². The molecule has 142 valence electrons. The van der Waals surface area contributed by atoms with Gasteiger partial charge in [-0.05, 0) is 39.3 Å². The van der Waals surface area contributed by atoms with Gasteiger partial charge < -0.3 is 10.6 Å². The number of aliphatic imine (C=N–C) groups is 1. The van der Waals surface area contributed by atoms with Crippen molar-refractivity contribution in [2.45, 2.75) is 46.3 Å². The highest BCUT2D eigenvalue weighted by molar-refractivity contribution is 5.79. The van der Waals surface area contributed by atoms with E-state index in [1.54, 1.807) is 7.05 Å². The Morgan fingerprint density at radius 1 is 1.19 bits per heavy atom. The maximum atomic E-state index is 4.31. The maximum Gasteiger partial charge on any atom is 0.191 e. The van der Waals surface area contributed by atoms with Gasteiger partial charge in [0.2, 0.25) is 0 Å². The second-order valence-electron chi connectivity index (χ2n) is 6.81. The molecule has 1 aromatic carbocycles. The Kier molecular flexibility index (Phi) is 7.59. The van der Waals surface area contributed by atoms with Gasteiger partial charge in [-0.3, -0.25) is 15.0 Å². The van der Waals surface area contributed by atoms with Gasteiger partial charge in [-0.2, -0.15) is 5.10 Å². The predicted molar refractivity (Wildman–Crippen MR) is 107 cm³/mol. The number of H-pyrrole nitrogens is 1. The highest BCUT2D eigenvalue weighted by Gasteiger charge is 2.12. The molecule has 2 aromatic rings. The van der Waals surface area contributed by atoms with E-state index in [2.05, 4.69) is 75.5 Å². The van der Waals surface area contributed by atoms with Crippen LogP contribution in [0.2, 0.25) is 0 Å². The van der Waals surface area contributed by atoms with Gasteiger partial charge >= 0.3 is 0 Å². The van der Waals surface area contributed by atoms with Gasteiger partial charge in [-0.1, -0.05) is 18.2 Å². The average Bonchev–Trinajstić information content (AvgIpc) is 3.15. The van der Waals surface area contributed by atoms with Gasteiger partial charge in [-0.25, -0.2) is 4.98 Å². The number of nitrogens with one attached hydrogen (secondary N) is 3. The lowest BCUT2D eigenvalue weighted by Gasteiger charge is -2.30. The normalized spacial score (nSPS) is 12.2. The first-order valence-corrected chi connectivity index (χ1v) is 9.16. The number of hydrogen-bond acceptors (Lipinski definition) is 4. The Balaban J connectivity index is 1.85. The van der Waals surface area contributed by atoms with E-state index in [1.807, 2.05) is 12.1 Å². The molecule has 7 nitrogen and oxygen atoms in total. The van der Waals surface area contributed by atoms with Gasteiger partial charge in [-0.15, -0.1) is 0 Å². The summed E-state index contributed by atoms with van der Waals surface area (Å²) < 4.78 is 0. The Bertz CT molecular complexity index is 669. The number of benzene rings is 1. The monoisotopic (exact) mass is 357 g/mol. The van der Waals surface area contributed by atoms with E-state index in [1.165, 1.54) is 6.33 Å². The van der Waals surface area contributed by atoms with Gasteiger partial charge in [0.1, 0.15) is 6.33 Å². The van der Waals surface area contributed by atoms with Crippen LogP contribution in [0.15, 0.2) is 35.6 Å². The molecule has 0 amide bonds. The molecule has 26 heavy (non-hydrogen) atoms. The molecule has 0 saturated carbocycles. The fourth-order valence-corrected chi connectivity index (χ4v) is 3.00. The van der Waals surface area contributed by atoms with Gasteiger partial charge in [0.15, 0.2) is 11.8 Å². The molecule has 0 aliphatic rings. The third-order valence-electron chi connectivity index (χ3n) is 4.29. The van der Waals surface area contributed by atoms with Crippen LogP contribution in [-0.2, 0) is 6.54 Å². The molecular weight excluding hydrogens is 326 g/mol. The standard InChI is InChI=1S/C19H31N7/c1-14(2)26(15(3)4)10-9-21-19(20-5)22-12-16-7-6-8-17(11-16)18-23-13-24-25-18/h6-8,11,13-15H,9-10,12H2,1-5H3,(H2,20,21,22)(H,23,24,25). The van der Waals surface area contributed by atoms with Gasteiger partial charge in [0.25, 0.3) is 0 Å². The van der Waals surface area contributed by atoms with Crippen molar-refractivity contribution >= 4 is 5.96 Å². The molecule has 0 unspecified atom stereocenters. The van der Waals surface area contributed by atoms with Gasteiger partial charge in [0.05, 0.1) is 0 Å². The zero-order valence-electron chi connectivity index (χ0n) is 16.5. The molecule has 0 spiro atoms. The zero-order valence-corrected chi connectivity index (χ0v) is 16.5. The molecule has 0 radical (unpaired) electrons. The molecule has 1 aromatic heterocycles. The average molecular weight is 358 g/mol. The van der Waals surface area contributed by atoms with Crippen LogP contribution in [0.5, 0.6) is 0 Å². The van der Waals surface area contributed by atoms with E-state index in [0.717, 1.165) is 36.0 Å². The number of rotatable bonds is 8. The number of hydrogen-bond donors (Lipinski definition) is 3. The second-order valence-corrected chi connectivity index (χ2v) is 6.81. The minimum absolute atomic E-state index is 0.533. The summed E-state index contributed by atoms with van der Waals surface area (Å²) in [6, 6.07) is 9.29. The van der Waals surface area contributed by atoms with E-state index < -0.39 is 0 Å². The van der Waals surface area contributed by atoms with Crippen LogP contribution in [0.3, 0.4) is 0 Å². The van der Waals surface area contributed by atoms with Crippen molar-refractivity contribution in [3.63, 3.8) is 0 Å². The van der Waals surface area contributed by atoms with Crippen molar-refractivity contribution in [3.05, 3.63) is 36.2 Å². The fraction of sp³-hybridized carbons (Fsp3) is 0.526. The molecule has 0 atom stereocenters. The molecule has 7 heteroatoms. The van der Waals surface area contributed by atoms with Crippen LogP contribution in [0.1, 0.15) is 33.3 Å². The van der Waals surface area contributed by atoms with E-state index >= 15 is 0 Å². The summed E-state index contributed by atoms with van der Waals surface area (Å²) in [5.41, 5.74) is 2.18. The summed E-state index contributed by atoms with van der Waals surface area (Å²) in [6.07, 6.45) is 1.52. The molecule has 0 aliphatic carbocycles. The minimum Gasteiger partial charge on any atom is -0.355 e. The Morgan fingerprint density at radius 3 is 2.58 bits per heavy atom. The van der Waals surface area contributed by atoms with Crippen molar-refractivity contribution in [2.75, 3.05) is 20.1 Å². The van der Waals surface area contributed by atoms with E-state index in [4.69, 9.17) is 0 Å². The summed E-state index contributed by atoms with van der Waals surface area (Å²) in [5.74, 6) is 1.58. The molecule has 0 aliphatic heterocycles. The quantitative estimate of drug-likeness (QED) is 0.499. The molecule has 2 rings (SSSR count). The first-order valence-electron chi connectivity index (χ1n) is 9.16. The Hall–Kier alpha value is -2.41. The smallest absolute Gasteiger partial charge is 0.191 e. The summed E-state index contributed by atoms with van der Waals surface area (Å²) >= 11 is 0. The number of nitrogens with zero attached hydrogens (tertiary/aromatic N) is 4. The first-order chi connectivity index (χ1) is 12.5. The van der Waals surface area contributed by atoms with Crippen molar-refractivity contribution < 1.29 is 0 Å². The molecular formula is C19H31N7. The molecule has 1 heterocycles. The summed E-state index contributed by atoms with van der Waals surface area (Å²) in [7, 11) is 1.79. The van der Waals surface area contributed by atoms with E-state index in [9.17, 15) is 0 Å². The van der Waals surface area contributed by atoms with Gasteiger partial charge in [0, 0.05) is 44.3 Å².